The van der Waals surface area contributed by atoms with Crippen molar-refractivity contribution in [3.63, 3.8) is 0 Å². The zero-order chi connectivity index (χ0) is 22.3. The topological polar surface area (TPSA) is 69.0 Å². The number of hydrogen-bond acceptors (Lipinski definition) is 4. The Hall–Kier alpha value is -3.38. The van der Waals surface area contributed by atoms with Gasteiger partial charge in [0, 0.05) is 35.9 Å². The Labute approximate surface area is 192 Å². The first kappa shape index (κ1) is 21.8. The highest BCUT2D eigenvalue weighted by molar-refractivity contribution is 6.31. The number of hydrogen-bond donors (Lipinski definition) is 1. The van der Waals surface area contributed by atoms with E-state index in [4.69, 9.17) is 21.3 Å². The Kier molecular flexibility index (Phi) is 7.02. The number of nitrogens with one attached hydrogen (secondary N) is 1. The van der Waals surface area contributed by atoms with E-state index >= 15 is 0 Å². The van der Waals surface area contributed by atoms with Gasteiger partial charge in [0.15, 0.2) is 0 Å². The van der Waals surface area contributed by atoms with Gasteiger partial charge in [-0.15, -0.1) is 0 Å². The van der Waals surface area contributed by atoms with Gasteiger partial charge in [0.05, 0.1) is 17.6 Å². The number of pyridine rings is 1. The maximum absolute atomic E-state index is 12.2. The number of carbonyl (C=O) groups excluding carboxylic acids is 1. The van der Waals surface area contributed by atoms with Crippen molar-refractivity contribution in [3.05, 3.63) is 89.0 Å². The molecular formula is C25H25ClN4O2. The van der Waals surface area contributed by atoms with Crippen LogP contribution in [-0.2, 0) is 13.0 Å². The van der Waals surface area contributed by atoms with Crippen molar-refractivity contribution < 1.29 is 9.53 Å². The molecule has 0 aliphatic carbocycles. The molecule has 1 N–H and O–H groups in total. The van der Waals surface area contributed by atoms with Crippen LogP contribution in [0.15, 0.2) is 67.0 Å². The molecule has 0 aliphatic rings. The quantitative estimate of drug-likeness (QED) is 0.372. The van der Waals surface area contributed by atoms with E-state index in [0.29, 0.717) is 25.3 Å². The molecule has 4 aromatic rings. The molecular weight excluding hydrogens is 424 g/mol. The predicted molar refractivity (Wildman–Crippen MR) is 126 cm³/mol. The number of aryl methyl sites for hydroxylation is 2. The van der Waals surface area contributed by atoms with Crippen molar-refractivity contribution in [2.75, 3.05) is 13.2 Å². The van der Waals surface area contributed by atoms with Gasteiger partial charge < -0.3 is 14.6 Å². The monoisotopic (exact) mass is 448 g/mol. The van der Waals surface area contributed by atoms with Gasteiger partial charge in [0.2, 0.25) is 0 Å². The highest BCUT2D eigenvalue weighted by atomic mass is 35.5. The van der Waals surface area contributed by atoms with Crippen molar-refractivity contribution in [1.82, 2.24) is 19.9 Å². The largest absolute Gasteiger partial charge is 0.492 e. The average Bonchev–Trinajstić information content (AvgIpc) is 3.17. The smallest absolute Gasteiger partial charge is 0.251 e. The number of aromatic nitrogens is 3. The Bertz CT molecular complexity index is 1210. The Balaban J connectivity index is 1.37. The van der Waals surface area contributed by atoms with Gasteiger partial charge in [0.1, 0.15) is 18.2 Å². The summed E-state index contributed by atoms with van der Waals surface area (Å²) in [6, 6.07) is 17.2. The summed E-state index contributed by atoms with van der Waals surface area (Å²) in [6.45, 7) is 3.74. The van der Waals surface area contributed by atoms with Crippen LogP contribution in [0.1, 0.15) is 28.2 Å². The molecule has 0 aliphatic heterocycles. The van der Waals surface area contributed by atoms with Gasteiger partial charge in [-0.05, 0) is 61.4 Å². The van der Waals surface area contributed by atoms with Crippen molar-refractivity contribution in [2.45, 2.75) is 26.3 Å². The Morgan fingerprint density at radius 3 is 2.75 bits per heavy atom. The van der Waals surface area contributed by atoms with Crippen LogP contribution in [0.25, 0.3) is 11.0 Å². The molecule has 0 radical (unpaired) electrons. The minimum Gasteiger partial charge on any atom is -0.492 e. The maximum atomic E-state index is 12.2. The molecule has 164 valence electrons. The highest BCUT2D eigenvalue weighted by Gasteiger charge is 2.11. The number of carbonyl (C=O) groups is 1. The second-order valence-electron chi connectivity index (χ2n) is 7.52. The summed E-state index contributed by atoms with van der Waals surface area (Å²) in [5, 5.41) is 3.69. The second kappa shape index (κ2) is 10.3. The minimum atomic E-state index is -0.0902. The van der Waals surface area contributed by atoms with Crippen molar-refractivity contribution in [1.29, 1.82) is 0 Å². The van der Waals surface area contributed by atoms with Gasteiger partial charge in [-0.1, -0.05) is 23.7 Å². The van der Waals surface area contributed by atoms with E-state index in [9.17, 15) is 4.79 Å². The molecule has 6 nitrogen and oxygen atoms in total. The van der Waals surface area contributed by atoms with Crippen molar-refractivity contribution in [3.8, 4) is 5.75 Å². The normalized spacial score (nSPS) is 10.9. The molecule has 7 heteroatoms. The van der Waals surface area contributed by atoms with Crippen molar-refractivity contribution in [2.24, 2.45) is 0 Å². The summed E-state index contributed by atoms with van der Waals surface area (Å²) in [5.74, 6) is 1.70. The summed E-state index contributed by atoms with van der Waals surface area (Å²) in [7, 11) is 0. The number of rotatable bonds is 9. The zero-order valence-corrected chi connectivity index (χ0v) is 18.7. The van der Waals surface area contributed by atoms with E-state index in [1.165, 1.54) is 0 Å². The van der Waals surface area contributed by atoms with Gasteiger partial charge in [-0.3, -0.25) is 9.78 Å². The lowest BCUT2D eigenvalue weighted by Gasteiger charge is -2.12. The molecule has 2 aromatic heterocycles. The van der Waals surface area contributed by atoms with E-state index in [0.717, 1.165) is 46.0 Å². The number of para-hydroxylation sites is 2. The SMILES string of the molecule is Cc1cc(OCCn2c(CCCNC(=O)c3ccncc3)nc3ccccc32)ccc1Cl. The fourth-order valence-electron chi connectivity index (χ4n) is 3.58. The fraction of sp³-hybridized carbons (Fsp3) is 0.240. The van der Waals surface area contributed by atoms with Crippen LogP contribution < -0.4 is 10.1 Å². The lowest BCUT2D eigenvalue weighted by molar-refractivity contribution is 0.0953. The Morgan fingerprint density at radius 1 is 1.12 bits per heavy atom. The summed E-state index contributed by atoms with van der Waals surface area (Å²) in [6.07, 6.45) is 4.78. The molecule has 0 atom stereocenters. The highest BCUT2D eigenvalue weighted by Crippen LogP contribution is 2.22. The van der Waals surface area contributed by atoms with Gasteiger partial charge in [-0.25, -0.2) is 4.98 Å². The predicted octanol–water partition coefficient (Wildman–Crippen LogP) is 4.83. The van der Waals surface area contributed by atoms with E-state index in [1.807, 2.05) is 43.3 Å². The van der Waals surface area contributed by atoms with Crippen LogP contribution in [0.3, 0.4) is 0 Å². The molecule has 0 fully saturated rings. The van der Waals surface area contributed by atoms with Crippen LogP contribution in [-0.4, -0.2) is 33.6 Å². The summed E-state index contributed by atoms with van der Waals surface area (Å²) in [4.78, 5) is 20.9. The number of amides is 1. The third kappa shape index (κ3) is 5.26. The number of benzene rings is 2. The zero-order valence-electron chi connectivity index (χ0n) is 17.9. The third-order valence-corrected chi connectivity index (χ3v) is 5.68. The van der Waals surface area contributed by atoms with Gasteiger partial charge >= 0.3 is 0 Å². The molecule has 0 unspecified atom stereocenters. The van der Waals surface area contributed by atoms with E-state index in [1.54, 1.807) is 24.5 Å². The standard InChI is InChI=1S/C25H25ClN4O2/c1-18-17-20(8-9-21(18)26)32-16-15-30-23-6-3-2-5-22(23)29-24(30)7-4-12-28-25(31)19-10-13-27-14-11-19/h2-3,5-6,8-11,13-14,17H,4,7,12,15-16H2,1H3,(H,28,31). The summed E-state index contributed by atoms with van der Waals surface area (Å²) in [5.41, 5.74) is 3.65. The van der Waals surface area contributed by atoms with Crippen LogP contribution >= 0.6 is 11.6 Å². The Morgan fingerprint density at radius 2 is 1.94 bits per heavy atom. The van der Waals surface area contributed by atoms with Crippen molar-refractivity contribution >= 4 is 28.5 Å². The number of fused-ring (bicyclic) bond motifs is 1. The second-order valence-corrected chi connectivity index (χ2v) is 7.93. The average molecular weight is 449 g/mol. The third-order valence-electron chi connectivity index (χ3n) is 5.25. The molecule has 0 saturated carbocycles. The van der Waals surface area contributed by atoms with Crippen LogP contribution in [0.2, 0.25) is 5.02 Å². The van der Waals surface area contributed by atoms with Gasteiger partial charge in [-0.2, -0.15) is 0 Å². The molecule has 4 rings (SSSR count). The number of imidazole rings is 1. The minimum absolute atomic E-state index is 0.0902. The van der Waals surface area contributed by atoms with Crippen LogP contribution in [0.4, 0.5) is 0 Å². The molecule has 0 saturated heterocycles. The van der Waals surface area contributed by atoms with E-state index in [2.05, 4.69) is 20.9 Å². The molecule has 2 heterocycles. The number of halogens is 1. The lowest BCUT2D eigenvalue weighted by Crippen LogP contribution is -2.25. The van der Waals surface area contributed by atoms with Gasteiger partial charge in [0.25, 0.3) is 5.91 Å². The first-order chi connectivity index (χ1) is 15.6. The summed E-state index contributed by atoms with van der Waals surface area (Å²) >= 11 is 6.10. The molecule has 1 amide bonds. The van der Waals surface area contributed by atoms with Crippen LogP contribution in [0.5, 0.6) is 5.75 Å². The first-order valence-corrected chi connectivity index (χ1v) is 11.0. The first-order valence-electron chi connectivity index (χ1n) is 10.6. The molecule has 0 bridgehead atoms. The summed E-state index contributed by atoms with van der Waals surface area (Å²) < 4.78 is 8.15. The molecule has 0 spiro atoms. The fourth-order valence-corrected chi connectivity index (χ4v) is 3.70. The van der Waals surface area contributed by atoms with E-state index in [-0.39, 0.29) is 5.91 Å². The van der Waals surface area contributed by atoms with E-state index < -0.39 is 0 Å². The van der Waals surface area contributed by atoms with Crippen LogP contribution in [0, 0.1) is 6.92 Å². The molecule has 32 heavy (non-hydrogen) atoms. The number of ether oxygens (including phenoxy) is 1. The number of nitrogens with zero attached hydrogens (tertiary/aromatic N) is 3. The lowest BCUT2D eigenvalue weighted by atomic mass is 10.2. The molecule has 2 aromatic carbocycles. The maximum Gasteiger partial charge on any atom is 0.251 e.